The third-order valence-electron chi connectivity index (χ3n) is 2.87. The molecular formula is C16H13N3O4. The van der Waals surface area contributed by atoms with Gasteiger partial charge < -0.3 is 5.11 Å². The number of carbonyl (C=O) groups is 1. The average Bonchev–Trinajstić information content (AvgIpc) is 2.55. The van der Waals surface area contributed by atoms with Crippen molar-refractivity contribution >= 4 is 29.6 Å². The normalized spacial score (nSPS) is 11.0. The molecule has 0 unspecified atom stereocenters. The molecule has 2 aromatic carbocycles. The second-order valence-electron chi connectivity index (χ2n) is 4.45. The minimum absolute atomic E-state index is 0.0132. The van der Waals surface area contributed by atoms with Gasteiger partial charge in [0.05, 0.1) is 21.7 Å². The predicted molar refractivity (Wildman–Crippen MR) is 87.6 cm³/mol. The molecule has 0 aliphatic rings. The molecule has 0 saturated heterocycles. The van der Waals surface area contributed by atoms with Gasteiger partial charge in [-0.05, 0) is 36.4 Å². The zero-order valence-corrected chi connectivity index (χ0v) is 11.9. The number of hydrazone groups is 1. The van der Waals surface area contributed by atoms with Gasteiger partial charge in [-0.3, -0.25) is 15.5 Å². The summed E-state index contributed by atoms with van der Waals surface area (Å²) in [5.74, 6) is -1.02. The minimum atomic E-state index is -1.02. The Morgan fingerprint density at radius 2 is 2.00 bits per heavy atom. The number of anilines is 1. The summed E-state index contributed by atoms with van der Waals surface area (Å²) >= 11 is 0. The van der Waals surface area contributed by atoms with E-state index in [-0.39, 0.29) is 11.3 Å². The van der Waals surface area contributed by atoms with Crippen LogP contribution in [0.4, 0.5) is 11.4 Å². The molecule has 7 nitrogen and oxygen atoms in total. The van der Waals surface area contributed by atoms with Crippen LogP contribution in [0, 0.1) is 10.1 Å². The highest BCUT2D eigenvalue weighted by molar-refractivity contribution is 5.88. The van der Waals surface area contributed by atoms with Crippen LogP contribution in [0.25, 0.3) is 6.08 Å². The number of nitrogens with zero attached hydrogens (tertiary/aromatic N) is 2. The number of carboxylic acids is 1. The molecule has 0 bridgehead atoms. The number of hydrogen-bond acceptors (Lipinski definition) is 5. The second kappa shape index (κ2) is 7.51. The van der Waals surface area contributed by atoms with Gasteiger partial charge in [-0.1, -0.05) is 18.2 Å². The van der Waals surface area contributed by atoms with E-state index >= 15 is 0 Å². The van der Waals surface area contributed by atoms with Crippen molar-refractivity contribution in [2.24, 2.45) is 5.10 Å². The fourth-order valence-electron chi connectivity index (χ4n) is 1.82. The Bertz CT molecular complexity index is 784. The molecule has 0 radical (unpaired) electrons. The first-order valence-corrected chi connectivity index (χ1v) is 6.60. The summed E-state index contributed by atoms with van der Waals surface area (Å²) in [5.41, 5.74) is 3.85. The summed E-state index contributed by atoms with van der Waals surface area (Å²) in [6, 6.07) is 12.6. The molecule has 2 N–H and O–H groups in total. The largest absolute Gasteiger partial charge is 0.478 e. The summed E-state index contributed by atoms with van der Waals surface area (Å²) in [6.45, 7) is 0. The van der Waals surface area contributed by atoms with E-state index in [1.807, 2.05) is 0 Å². The number of para-hydroxylation sites is 1. The molecule has 0 heterocycles. The molecule has 0 aliphatic carbocycles. The van der Waals surface area contributed by atoms with Crippen molar-refractivity contribution in [2.45, 2.75) is 0 Å². The highest BCUT2D eigenvalue weighted by Gasteiger charge is 2.08. The highest BCUT2D eigenvalue weighted by atomic mass is 16.6. The Balaban J connectivity index is 2.01. The molecule has 2 rings (SSSR count). The van der Waals surface area contributed by atoms with Crippen LogP contribution >= 0.6 is 0 Å². The first kappa shape index (κ1) is 15.9. The maximum Gasteiger partial charge on any atom is 0.335 e. The topological polar surface area (TPSA) is 105 Å². The van der Waals surface area contributed by atoms with Crippen molar-refractivity contribution < 1.29 is 14.8 Å². The third kappa shape index (κ3) is 4.50. The standard InChI is InChI=1S/C16H13N3O4/c20-16(21)13-6-3-8-14(11-13)18-17-10-4-7-12-5-1-2-9-15(12)19(22)23/h1-11,18H,(H,20,21)/b7-4+,17-10-. The first-order valence-electron chi connectivity index (χ1n) is 6.60. The summed E-state index contributed by atoms with van der Waals surface area (Å²) in [4.78, 5) is 21.2. The number of hydrogen-bond donors (Lipinski definition) is 2. The van der Waals surface area contributed by atoms with Crippen LogP contribution in [0.5, 0.6) is 0 Å². The monoisotopic (exact) mass is 311 g/mol. The van der Waals surface area contributed by atoms with Gasteiger partial charge in [0.25, 0.3) is 5.69 Å². The van der Waals surface area contributed by atoms with Crippen LogP contribution in [0.3, 0.4) is 0 Å². The van der Waals surface area contributed by atoms with Gasteiger partial charge in [-0.15, -0.1) is 0 Å². The van der Waals surface area contributed by atoms with Gasteiger partial charge in [0.15, 0.2) is 0 Å². The molecule has 0 saturated carbocycles. The zero-order chi connectivity index (χ0) is 16.7. The van der Waals surface area contributed by atoms with Gasteiger partial charge in [-0.25, -0.2) is 4.79 Å². The van der Waals surface area contributed by atoms with Crippen molar-refractivity contribution in [1.29, 1.82) is 0 Å². The SMILES string of the molecule is O=C(O)c1cccc(N/N=C\C=C\c2ccccc2[N+](=O)[O-])c1. The van der Waals surface area contributed by atoms with Crippen molar-refractivity contribution in [3.8, 4) is 0 Å². The van der Waals surface area contributed by atoms with Gasteiger partial charge >= 0.3 is 5.97 Å². The second-order valence-corrected chi connectivity index (χ2v) is 4.45. The molecule has 116 valence electrons. The maximum absolute atomic E-state index is 10.9. The molecule has 0 fully saturated rings. The highest BCUT2D eigenvalue weighted by Crippen LogP contribution is 2.18. The van der Waals surface area contributed by atoms with Crippen molar-refractivity contribution in [1.82, 2.24) is 0 Å². The van der Waals surface area contributed by atoms with Crippen molar-refractivity contribution in [3.63, 3.8) is 0 Å². The average molecular weight is 311 g/mol. The van der Waals surface area contributed by atoms with Gasteiger partial charge in [0, 0.05) is 12.3 Å². The fourth-order valence-corrected chi connectivity index (χ4v) is 1.82. The van der Waals surface area contributed by atoms with Crippen LogP contribution < -0.4 is 5.43 Å². The lowest BCUT2D eigenvalue weighted by Gasteiger charge is -2.00. The Morgan fingerprint density at radius 1 is 1.22 bits per heavy atom. The van der Waals surface area contributed by atoms with Gasteiger partial charge in [0.1, 0.15) is 0 Å². The fraction of sp³-hybridized carbons (Fsp3) is 0. The number of benzene rings is 2. The van der Waals surface area contributed by atoms with Crippen LogP contribution in [0.15, 0.2) is 59.7 Å². The van der Waals surface area contributed by atoms with Gasteiger partial charge in [-0.2, -0.15) is 5.10 Å². The Kier molecular flexibility index (Phi) is 5.19. The molecule has 0 amide bonds. The molecule has 2 aromatic rings. The number of nitro benzene ring substituents is 1. The number of rotatable bonds is 6. The molecule has 7 heteroatoms. The smallest absolute Gasteiger partial charge is 0.335 e. The van der Waals surface area contributed by atoms with E-state index in [9.17, 15) is 14.9 Å². The summed E-state index contributed by atoms with van der Waals surface area (Å²) in [5, 5.41) is 23.7. The van der Waals surface area contributed by atoms with Crippen LogP contribution in [0.2, 0.25) is 0 Å². The van der Waals surface area contributed by atoms with Crippen molar-refractivity contribution in [2.75, 3.05) is 5.43 Å². The molecule has 0 spiro atoms. The van der Waals surface area contributed by atoms with E-state index < -0.39 is 10.9 Å². The number of nitrogens with one attached hydrogen (secondary N) is 1. The summed E-state index contributed by atoms with van der Waals surface area (Å²) < 4.78 is 0. The van der Waals surface area contributed by atoms with E-state index in [4.69, 9.17) is 5.11 Å². The first-order chi connectivity index (χ1) is 11.1. The lowest BCUT2D eigenvalue weighted by molar-refractivity contribution is -0.385. The quantitative estimate of drug-likeness (QED) is 0.483. The summed E-state index contributed by atoms with van der Waals surface area (Å²) in [6.07, 6.45) is 4.54. The molecule has 23 heavy (non-hydrogen) atoms. The van der Waals surface area contributed by atoms with E-state index in [2.05, 4.69) is 10.5 Å². The van der Waals surface area contributed by atoms with Gasteiger partial charge in [0.2, 0.25) is 0 Å². The molecule has 0 aromatic heterocycles. The van der Waals surface area contributed by atoms with E-state index in [1.54, 1.807) is 42.5 Å². The number of carboxylic acid groups (broad SMARTS) is 1. The van der Waals surface area contributed by atoms with Crippen LogP contribution in [-0.2, 0) is 0 Å². The van der Waals surface area contributed by atoms with Crippen LogP contribution in [0.1, 0.15) is 15.9 Å². The predicted octanol–water partition coefficient (Wildman–Crippen LogP) is 3.40. The Labute approximate surface area is 131 Å². The Morgan fingerprint density at radius 3 is 2.74 bits per heavy atom. The number of aromatic carboxylic acids is 1. The lowest BCUT2D eigenvalue weighted by Crippen LogP contribution is -1.97. The molecule has 0 atom stereocenters. The third-order valence-corrected chi connectivity index (χ3v) is 2.87. The molecule has 0 aliphatic heterocycles. The Hall–Kier alpha value is -3.48. The maximum atomic E-state index is 10.9. The number of allylic oxidation sites excluding steroid dienone is 1. The lowest BCUT2D eigenvalue weighted by atomic mass is 10.2. The number of nitro groups is 1. The zero-order valence-electron chi connectivity index (χ0n) is 11.9. The summed E-state index contributed by atoms with van der Waals surface area (Å²) in [7, 11) is 0. The van der Waals surface area contributed by atoms with E-state index in [1.165, 1.54) is 24.4 Å². The van der Waals surface area contributed by atoms with Crippen molar-refractivity contribution in [3.05, 3.63) is 75.8 Å². The van der Waals surface area contributed by atoms with Crippen LogP contribution in [-0.4, -0.2) is 22.2 Å². The minimum Gasteiger partial charge on any atom is -0.478 e. The van der Waals surface area contributed by atoms with E-state index in [0.29, 0.717) is 11.3 Å². The van der Waals surface area contributed by atoms with E-state index in [0.717, 1.165) is 0 Å². The molecular weight excluding hydrogens is 298 g/mol.